The predicted octanol–water partition coefficient (Wildman–Crippen LogP) is 10.7. The number of esters is 1. The lowest BCUT2D eigenvalue weighted by atomic mass is 10.0. The topological polar surface area (TPSA) is 94.1 Å². The summed E-state index contributed by atoms with van der Waals surface area (Å²) in [7, 11) is 1.37. The molecule has 0 saturated heterocycles. The maximum atomic E-state index is 12.6. The molecular weight excluding hydrogens is 625 g/mol. The molecule has 0 aromatic rings. The van der Waals surface area contributed by atoms with E-state index in [9.17, 15) is 14.3 Å². The number of carbonyl (C=O) groups excluding carboxylic acids is 1. The number of phosphoric acid groups is 1. The Labute approximate surface area is 298 Å². The van der Waals surface area contributed by atoms with Gasteiger partial charge < -0.3 is 27.9 Å². The van der Waals surface area contributed by atoms with Crippen LogP contribution in [-0.2, 0) is 27.9 Å². The van der Waals surface area contributed by atoms with Crippen LogP contribution in [-0.4, -0.2) is 70.7 Å². The molecule has 8 nitrogen and oxygen atoms in total. The van der Waals surface area contributed by atoms with E-state index in [0.29, 0.717) is 24.1 Å². The number of phosphoric ester groups is 1. The number of unbranched alkanes of at least 4 members (excludes halogenated alkanes) is 24. The first-order chi connectivity index (χ1) is 23.1. The lowest BCUT2D eigenvalue weighted by Gasteiger charge is -2.28. The van der Waals surface area contributed by atoms with Gasteiger partial charge in [-0.2, -0.15) is 0 Å². The molecule has 0 fully saturated rings. The van der Waals surface area contributed by atoms with Crippen molar-refractivity contribution in [3.8, 4) is 0 Å². The molecule has 9 heteroatoms. The van der Waals surface area contributed by atoms with E-state index >= 15 is 0 Å². The molecule has 0 rings (SSSR count). The van der Waals surface area contributed by atoms with Gasteiger partial charge >= 0.3 is 5.97 Å². The highest BCUT2D eigenvalue weighted by Gasteiger charge is 2.20. The van der Waals surface area contributed by atoms with Crippen LogP contribution in [0.5, 0.6) is 0 Å². The van der Waals surface area contributed by atoms with Crippen LogP contribution in [0.25, 0.3) is 0 Å². The molecule has 0 heterocycles. The van der Waals surface area contributed by atoms with E-state index in [0.717, 1.165) is 32.1 Å². The van der Waals surface area contributed by atoms with Gasteiger partial charge in [-0.1, -0.05) is 168 Å². The lowest BCUT2D eigenvalue weighted by Crippen LogP contribution is -2.37. The van der Waals surface area contributed by atoms with Crippen LogP contribution in [0.1, 0.15) is 187 Å². The van der Waals surface area contributed by atoms with Gasteiger partial charge in [-0.15, -0.1) is 0 Å². The van der Waals surface area contributed by atoms with Gasteiger partial charge in [0.1, 0.15) is 19.3 Å². The Kier molecular flexibility index (Phi) is 33.3. The fraction of sp³-hybridized carbons (Fsp3) is 0.974. The van der Waals surface area contributed by atoms with Gasteiger partial charge in [0.25, 0.3) is 7.82 Å². The number of rotatable bonds is 38. The maximum absolute atomic E-state index is 12.6. The number of nitrogens with zero attached hydrogens (tertiary/aromatic N) is 1. The molecule has 0 N–H and O–H groups in total. The molecule has 48 heavy (non-hydrogen) atoms. The summed E-state index contributed by atoms with van der Waals surface area (Å²) in [6.07, 6.45) is 32.4. The predicted molar refractivity (Wildman–Crippen MR) is 199 cm³/mol. The summed E-state index contributed by atoms with van der Waals surface area (Å²) in [4.78, 5) is 24.9. The third-order valence-corrected chi connectivity index (χ3v) is 9.87. The van der Waals surface area contributed by atoms with Crippen LogP contribution in [0.15, 0.2) is 0 Å². The van der Waals surface area contributed by atoms with E-state index < -0.39 is 13.9 Å². The van der Waals surface area contributed by atoms with Gasteiger partial charge in [0.15, 0.2) is 0 Å². The van der Waals surface area contributed by atoms with Crippen molar-refractivity contribution < 1.29 is 37.3 Å². The molecule has 0 saturated carbocycles. The molecule has 0 aliphatic rings. The summed E-state index contributed by atoms with van der Waals surface area (Å²) >= 11 is 0. The number of likely N-dealkylation sites (N-methyl/N-ethyl adjacent to an activating group) is 1. The number of hydrogen-bond acceptors (Lipinski definition) is 7. The summed E-state index contributed by atoms with van der Waals surface area (Å²) in [5.41, 5.74) is 0. The molecule has 0 aromatic carbocycles. The molecule has 0 spiro atoms. The minimum absolute atomic E-state index is 0.0311. The third kappa shape index (κ3) is 36.8. The summed E-state index contributed by atoms with van der Waals surface area (Å²) in [5.74, 6) is -0.331. The molecule has 288 valence electrons. The Morgan fingerprint density at radius 3 is 1.38 bits per heavy atom. The zero-order valence-electron chi connectivity index (χ0n) is 32.5. The quantitative estimate of drug-likeness (QED) is 0.0273. The molecule has 0 bridgehead atoms. The van der Waals surface area contributed by atoms with E-state index in [4.69, 9.17) is 18.5 Å². The van der Waals surface area contributed by atoms with Gasteiger partial charge in [-0.05, 0) is 12.8 Å². The van der Waals surface area contributed by atoms with Gasteiger partial charge in [-0.25, -0.2) is 0 Å². The third-order valence-electron chi connectivity index (χ3n) is 8.91. The van der Waals surface area contributed by atoms with E-state index in [1.807, 2.05) is 21.1 Å². The SMILES string of the molecule is CCCCCCCCCCCCCCCCOCC(COP(=O)([O-])OCC[N+](C)(C)C)OC(=O)CCCCCCCCCCCCCC. The van der Waals surface area contributed by atoms with Crippen LogP contribution in [0.4, 0.5) is 0 Å². The fourth-order valence-corrected chi connectivity index (χ4v) is 6.45. The fourth-order valence-electron chi connectivity index (χ4n) is 5.72. The first kappa shape index (κ1) is 47.5. The highest BCUT2D eigenvalue weighted by molar-refractivity contribution is 7.45. The summed E-state index contributed by atoms with van der Waals surface area (Å²) < 4.78 is 34.5. The second kappa shape index (κ2) is 33.6. The van der Waals surface area contributed by atoms with Crippen LogP contribution >= 0.6 is 7.82 Å². The first-order valence-electron chi connectivity index (χ1n) is 20.3. The molecule has 0 amide bonds. The second-order valence-electron chi connectivity index (χ2n) is 15.0. The molecule has 0 radical (unpaired) electrons. The zero-order valence-corrected chi connectivity index (χ0v) is 33.4. The average molecular weight is 706 g/mol. The number of carbonyl (C=O) groups is 1. The number of ether oxygens (including phenoxy) is 2. The highest BCUT2D eigenvalue weighted by Crippen LogP contribution is 2.38. The van der Waals surface area contributed by atoms with Gasteiger partial charge in [0.2, 0.25) is 0 Å². The summed E-state index contributed by atoms with van der Waals surface area (Å²) in [5, 5.41) is 0. The Hall–Kier alpha value is -0.500. The Bertz CT molecular complexity index is 746. The van der Waals surface area contributed by atoms with E-state index in [1.165, 1.54) is 135 Å². The Morgan fingerprint density at radius 2 is 0.958 bits per heavy atom. The van der Waals surface area contributed by atoms with Crippen molar-refractivity contribution in [2.45, 2.75) is 193 Å². The summed E-state index contributed by atoms with van der Waals surface area (Å²) in [6, 6.07) is 0. The zero-order chi connectivity index (χ0) is 35.6. The lowest BCUT2D eigenvalue weighted by molar-refractivity contribution is -0.870. The first-order valence-corrected chi connectivity index (χ1v) is 21.7. The average Bonchev–Trinajstić information content (AvgIpc) is 3.03. The Balaban J connectivity index is 4.23. The van der Waals surface area contributed by atoms with E-state index in [2.05, 4.69) is 13.8 Å². The van der Waals surface area contributed by atoms with Crippen LogP contribution < -0.4 is 4.89 Å². The number of hydrogen-bond donors (Lipinski definition) is 0. The smallest absolute Gasteiger partial charge is 0.306 e. The van der Waals surface area contributed by atoms with E-state index in [1.54, 1.807) is 0 Å². The molecular formula is C39H80NO7P. The normalized spacial score (nSPS) is 13.9. The van der Waals surface area contributed by atoms with Gasteiger partial charge in [-0.3, -0.25) is 9.36 Å². The summed E-state index contributed by atoms with van der Waals surface area (Å²) in [6.45, 7) is 5.44. The van der Waals surface area contributed by atoms with Crippen molar-refractivity contribution >= 4 is 13.8 Å². The van der Waals surface area contributed by atoms with E-state index in [-0.39, 0.29) is 25.8 Å². The van der Waals surface area contributed by atoms with Crippen molar-refractivity contribution in [2.24, 2.45) is 0 Å². The minimum Gasteiger partial charge on any atom is -0.756 e. The van der Waals surface area contributed by atoms with Crippen LogP contribution in [0.2, 0.25) is 0 Å². The Morgan fingerprint density at radius 1 is 0.562 bits per heavy atom. The highest BCUT2D eigenvalue weighted by atomic mass is 31.2. The van der Waals surface area contributed by atoms with Crippen molar-refractivity contribution in [1.82, 2.24) is 0 Å². The standard InChI is InChI=1S/C39H80NO7P/c1-6-8-10-12-14-16-18-20-21-23-25-27-29-31-34-44-36-38(37-46-48(42,43)45-35-33-40(3,4)5)47-39(41)32-30-28-26-24-22-19-17-15-13-11-9-7-2/h38H,6-37H2,1-5H3. The molecule has 2 atom stereocenters. The molecule has 0 aliphatic carbocycles. The molecule has 2 unspecified atom stereocenters. The van der Waals surface area contributed by atoms with Crippen LogP contribution in [0, 0.1) is 0 Å². The number of quaternary nitrogens is 1. The van der Waals surface area contributed by atoms with Crippen molar-refractivity contribution in [3.05, 3.63) is 0 Å². The largest absolute Gasteiger partial charge is 0.756 e. The molecule has 0 aromatic heterocycles. The monoisotopic (exact) mass is 706 g/mol. The van der Waals surface area contributed by atoms with Crippen LogP contribution in [0.3, 0.4) is 0 Å². The minimum atomic E-state index is -4.51. The molecule has 0 aliphatic heterocycles. The van der Waals surface area contributed by atoms with Crippen molar-refractivity contribution in [2.75, 3.05) is 54.1 Å². The van der Waals surface area contributed by atoms with Crippen molar-refractivity contribution in [3.63, 3.8) is 0 Å². The second-order valence-corrected chi connectivity index (χ2v) is 16.4. The van der Waals surface area contributed by atoms with Crippen molar-refractivity contribution in [1.29, 1.82) is 0 Å². The van der Waals surface area contributed by atoms with Gasteiger partial charge in [0, 0.05) is 13.0 Å². The maximum Gasteiger partial charge on any atom is 0.306 e. The van der Waals surface area contributed by atoms with Gasteiger partial charge in [0.05, 0.1) is 34.4 Å².